The zero-order valence-electron chi connectivity index (χ0n) is 10.6. The predicted octanol–water partition coefficient (Wildman–Crippen LogP) is 3.44. The molecule has 0 unspecified atom stereocenters. The molecule has 2 aromatic heterocycles. The fraction of sp³-hybridized carbons (Fsp3) is 0.0667. The van der Waals surface area contributed by atoms with Gasteiger partial charge in [0.1, 0.15) is 12.4 Å². The van der Waals surface area contributed by atoms with Gasteiger partial charge in [0.05, 0.1) is 16.7 Å². The number of rotatable bonds is 3. The maximum absolute atomic E-state index is 5.94. The van der Waals surface area contributed by atoms with E-state index in [4.69, 9.17) is 22.1 Å². The molecule has 0 aliphatic rings. The van der Waals surface area contributed by atoms with Gasteiger partial charge in [0.2, 0.25) is 0 Å². The molecule has 0 atom stereocenters. The summed E-state index contributed by atoms with van der Waals surface area (Å²) in [7, 11) is 0. The fourth-order valence-electron chi connectivity index (χ4n) is 2.00. The van der Waals surface area contributed by atoms with E-state index in [0.717, 1.165) is 16.5 Å². The molecule has 3 rings (SSSR count). The molecule has 100 valence electrons. The first kappa shape index (κ1) is 12.7. The summed E-state index contributed by atoms with van der Waals surface area (Å²) in [4.78, 5) is 8.35. The first-order valence-electron chi connectivity index (χ1n) is 6.09. The zero-order chi connectivity index (χ0) is 13.9. The maximum Gasteiger partial charge on any atom is 0.139 e. The van der Waals surface area contributed by atoms with Crippen molar-refractivity contribution in [3.63, 3.8) is 0 Å². The Kier molecular flexibility index (Phi) is 3.39. The summed E-state index contributed by atoms with van der Waals surface area (Å²) in [6.07, 6.45) is 4.93. The molecule has 2 N–H and O–H groups in total. The number of nitrogens with zero attached hydrogens (tertiary/aromatic N) is 2. The largest absolute Gasteiger partial charge is 0.487 e. The minimum Gasteiger partial charge on any atom is -0.487 e. The Morgan fingerprint density at radius 2 is 2.10 bits per heavy atom. The summed E-state index contributed by atoms with van der Waals surface area (Å²) in [5.74, 6) is 0.624. The molecular weight excluding hydrogens is 274 g/mol. The first-order chi connectivity index (χ1) is 9.74. The quantitative estimate of drug-likeness (QED) is 0.749. The summed E-state index contributed by atoms with van der Waals surface area (Å²) in [5, 5.41) is 1.47. The smallest absolute Gasteiger partial charge is 0.139 e. The molecule has 4 nitrogen and oxygen atoms in total. The van der Waals surface area contributed by atoms with Crippen molar-refractivity contribution in [2.45, 2.75) is 6.61 Å². The van der Waals surface area contributed by atoms with Crippen LogP contribution in [0, 0.1) is 0 Å². The van der Waals surface area contributed by atoms with Crippen LogP contribution in [0.1, 0.15) is 5.56 Å². The van der Waals surface area contributed by atoms with Crippen LogP contribution >= 0.6 is 11.6 Å². The molecule has 5 heteroatoms. The number of ether oxygens (including phenoxy) is 1. The third kappa shape index (κ3) is 2.51. The lowest BCUT2D eigenvalue weighted by molar-refractivity contribution is 0.306. The highest BCUT2D eigenvalue weighted by molar-refractivity contribution is 6.30. The van der Waals surface area contributed by atoms with Gasteiger partial charge >= 0.3 is 0 Å². The lowest BCUT2D eigenvalue weighted by Gasteiger charge is -2.09. The van der Waals surface area contributed by atoms with Gasteiger partial charge in [-0.05, 0) is 18.2 Å². The minimum atomic E-state index is 0.385. The highest BCUT2D eigenvalue weighted by Gasteiger charge is 2.06. The number of nitrogen functional groups attached to an aromatic ring is 1. The molecule has 0 bridgehead atoms. The number of hydrogen-bond donors (Lipinski definition) is 1. The van der Waals surface area contributed by atoms with E-state index < -0.39 is 0 Å². The second kappa shape index (κ2) is 5.35. The zero-order valence-corrected chi connectivity index (χ0v) is 11.3. The molecule has 0 saturated carbocycles. The lowest BCUT2D eigenvalue weighted by Crippen LogP contribution is -1.99. The van der Waals surface area contributed by atoms with Crippen LogP contribution in [-0.4, -0.2) is 9.97 Å². The average Bonchev–Trinajstić information content (AvgIpc) is 2.47. The minimum absolute atomic E-state index is 0.385. The van der Waals surface area contributed by atoms with Crippen LogP contribution in [0.4, 0.5) is 5.69 Å². The molecule has 0 spiro atoms. The van der Waals surface area contributed by atoms with E-state index in [1.807, 2.05) is 24.3 Å². The maximum atomic E-state index is 5.94. The van der Waals surface area contributed by atoms with E-state index >= 15 is 0 Å². The second-order valence-electron chi connectivity index (χ2n) is 4.34. The number of fused-ring (bicyclic) bond motifs is 1. The van der Waals surface area contributed by atoms with E-state index in [1.54, 1.807) is 24.7 Å². The van der Waals surface area contributed by atoms with Gasteiger partial charge in [0.15, 0.2) is 0 Å². The van der Waals surface area contributed by atoms with Crippen LogP contribution in [0.3, 0.4) is 0 Å². The third-order valence-corrected chi connectivity index (χ3v) is 3.17. The lowest BCUT2D eigenvalue weighted by atomic mass is 10.1. The number of pyridine rings is 2. The van der Waals surface area contributed by atoms with Gasteiger partial charge in [-0.15, -0.1) is 0 Å². The first-order valence-corrected chi connectivity index (χ1v) is 6.47. The van der Waals surface area contributed by atoms with E-state index in [9.17, 15) is 0 Å². The van der Waals surface area contributed by atoms with Crippen molar-refractivity contribution in [2.24, 2.45) is 0 Å². The summed E-state index contributed by atoms with van der Waals surface area (Å²) < 4.78 is 5.69. The van der Waals surface area contributed by atoms with Crippen LogP contribution in [0.2, 0.25) is 5.02 Å². The Morgan fingerprint density at radius 3 is 2.95 bits per heavy atom. The van der Waals surface area contributed by atoms with Crippen LogP contribution in [0.15, 0.2) is 48.9 Å². The SMILES string of the molecule is Nc1ccc(COc2cncc(Cl)c2)c2ncccc12. The van der Waals surface area contributed by atoms with Crippen molar-refractivity contribution in [1.29, 1.82) is 0 Å². The molecule has 0 radical (unpaired) electrons. The summed E-state index contributed by atoms with van der Waals surface area (Å²) in [6, 6.07) is 9.31. The van der Waals surface area contributed by atoms with Gasteiger partial charge in [-0.3, -0.25) is 9.97 Å². The molecule has 0 aliphatic carbocycles. The molecule has 0 amide bonds. The standard InChI is InChI=1S/C15H12ClN3O/c16-11-6-12(8-18-7-11)20-9-10-3-4-14(17)13-2-1-5-19-15(10)13/h1-8H,9,17H2. The topological polar surface area (TPSA) is 61.0 Å². The Bertz CT molecular complexity index is 761. The highest BCUT2D eigenvalue weighted by atomic mass is 35.5. The highest BCUT2D eigenvalue weighted by Crippen LogP contribution is 2.24. The molecule has 0 saturated heterocycles. The Balaban J connectivity index is 1.90. The van der Waals surface area contributed by atoms with Crippen molar-refractivity contribution in [3.8, 4) is 5.75 Å². The van der Waals surface area contributed by atoms with Gasteiger partial charge in [-0.2, -0.15) is 0 Å². The molecule has 3 aromatic rings. The monoisotopic (exact) mass is 285 g/mol. The van der Waals surface area contributed by atoms with Gasteiger partial charge in [-0.25, -0.2) is 0 Å². The van der Waals surface area contributed by atoms with Crippen LogP contribution in [-0.2, 0) is 6.61 Å². The van der Waals surface area contributed by atoms with Gasteiger partial charge in [0.25, 0.3) is 0 Å². The number of aromatic nitrogens is 2. The summed E-state index contributed by atoms with van der Waals surface area (Å²) in [5.41, 5.74) is 8.47. The molecule has 0 aliphatic heterocycles. The van der Waals surface area contributed by atoms with E-state index in [0.29, 0.717) is 23.1 Å². The number of halogens is 1. The summed E-state index contributed by atoms with van der Waals surface area (Å²) in [6.45, 7) is 0.385. The number of anilines is 1. The van der Waals surface area contributed by atoms with Crippen molar-refractivity contribution in [3.05, 3.63) is 59.5 Å². The van der Waals surface area contributed by atoms with Crippen molar-refractivity contribution in [1.82, 2.24) is 9.97 Å². The van der Waals surface area contributed by atoms with Gasteiger partial charge < -0.3 is 10.5 Å². The molecule has 1 aromatic carbocycles. The van der Waals surface area contributed by atoms with E-state index in [-0.39, 0.29) is 0 Å². The normalized spacial score (nSPS) is 10.7. The van der Waals surface area contributed by atoms with Gasteiger partial charge in [-0.1, -0.05) is 17.7 Å². The predicted molar refractivity (Wildman–Crippen MR) is 79.7 cm³/mol. The van der Waals surface area contributed by atoms with Crippen molar-refractivity contribution >= 4 is 28.2 Å². The summed E-state index contributed by atoms with van der Waals surface area (Å²) >= 11 is 5.87. The molecule has 2 heterocycles. The molecule has 20 heavy (non-hydrogen) atoms. The van der Waals surface area contributed by atoms with Crippen LogP contribution < -0.4 is 10.5 Å². The average molecular weight is 286 g/mol. The van der Waals surface area contributed by atoms with Crippen LogP contribution in [0.5, 0.6) is 5.75 Å². The fourth-order valence-corrected chi connectivity index (χ4v) is 2.17. The Labute approximate surface area is 121 Å². The van der Waals surface area contributed by atoms with Gasteiger partial charge in [0, 0.05) is 35.1 Å². The van der Waals surface area contributed by atoms with Crippen LogP contribution in [0.25, 0.3) is 10.9 Å². The third-order valence-electron chi connectivity index (χ3n) is 2.96. The molecule has 0 fully saturated rings. The number of benzene rings is 1. The Morgan fingerprint density at radius 1 is 1.20 bits per heavy atom. The number of hydrogen-bond acceptors (Lipinski definition) is 4. The van der Waals surface area contributed by atoms with Crippen molar-refractivity contribution < 1.29 is 4.74 Å². The second-order valence-corrected chi connectivity index (χ2v) is 4.78. The Hall–Kier alpha value is -2.33. The van der Waals surface area contributed by atoms with E-state index in [2.05, 4.69) is 9.97 Å². The van der Waals surface area contributed by atoms with E-state index in [1.165, 1.54) is 0 Å². The molecular formula is C15H12ClN3O. The van der Waals surface area contributed by atoms with Crippen molar-refractivity contribution in [2.75, 3.05) is 5.73 Å². The number of nitrogens with two attached hydrogens (primary N) is 1.